The Morgan fingerprint density at radius 1 is 1.41 bits per heavy atom. The lowest BCUT2D eigenvalue weighted by Crippen LogP contribution is -2.34. The molecule has 116 valence electrons. The van der Waals surface area contributed by atoms with Crippen LogP contribution in [-0.2, 0) is 15.2 Å². The van der Waals surface area contributed by atoms with Gasteiger partial charge >= 0.3 is 0 Å². The molecule has 0 N–H and O–H groups in total. The van der Waals surface area contributed by atoms with Crippen LogP contribution in [0.4, 0.5) is 0 Å². The highest BCUT2D eigenvalue weighted by atomic mass is 32.3. The predicted molar refractivity (Wildman–Crippen MR) is 77.7 cm³/mol. The SMILES string of the molecule is O=C([O-])[C@@H]1CSC(c2nc3ccc(OS(=O)(=O)[O-])cc3s2)=N1. The fourth-order valence-corrected chi connectivity index (χ4v) is 4.20. The maximum Gasteiger partial charge on any atom is 0.262 e. The first-order valence-corrected chi connectivity index (χ1v) is 8.93. The Kier molecular flexibility index (Phi) is 3.80. The molecule has 0 saturated heterocycles. The second kappa shape index (κ2) is 5.50. The number of carboxylic acids is 1. The summed E-state index contributed by atoms with van der Waals surface area (Å²) in [6, 6.07) is 3.31. The van der Waals surface area contributed by atoms with Gasteiger partial charge in [-0.3, -0.25) is 4.99 Å². The number of carboxylic acid groups (broad SMARTS) is 1. The van der Waals surface area contributed by atoms with Gasteiger partial charge in [-0.2, -0.15) is 0 Å². The highest BCUT2D eigenvalue weighted by Gasteiger charge is 2.22. The third kappa shape index (κ3) is 3.21. The quantitative estimate of drug-likeness (QED) is 0.540. The fraction of sp³-hybridized carbons (Fsp3) is 0.182. The van der Waals surface area contributed by atoms with E-state index in [2.05, 4.69) is 14.2 Å². The number of aromatic nitrogens is 1. The molecule has 1 aromatic carbocycles. The third-order valence-corrected chi connectivity index (χ3v) is 5.27. The molecule has 3 rings (SSSR count). The van der Waals surface area contributed by atoms with Crippen molar-refractivity contribution in [3.05, 3.63) is 23.2 Å². The summed E-state index contributed by atoms with van der Waals surface area (Å²) in [5, 5.41) is 11.8. The van der Waals surface area contributed by atoms with Gasteiger partial charge in [-0.15, -0.1) is 23.1 Å². The van der Waals surface area contributed by atoms with Crippen molar-refractivity contribution in [2.75, 3.05) is 5.75 Å². The summed E-state index contributed by atoms with van der Waals surface area (Å²) in [5.74, 6) is -1.05. The van der Waals surface area contributed by atoms with Gasteiger partial charge in [0.1, 0.15) is 21.8 Å². The highest BCUT2D eigenvalue weighted by Crippen LogP contribution is 2.31. The molecule has 0 spiro atoms. The lowest BCUT2D eigenvalue weighted by atomic mass is 10.3. The lowest BCUT2D eigenvalue weighted by Gasteiger charge is -2.08. The number of thiazole rings is 1. The fourth-order valence-electron chi connectivity index (χ4n) is 1.78. The van der Waals surface area contributed by atoms with Crippen LogP contribution in [0.25, 0.3) is 10.2 Å². The van der Waals surface area contributed by atoms with Crippen molar-refractivity contribution in [1.29, 1.82) is 0 Å². The van der Waals surface area contributed by atoms with Crippen LogP contribution in [0.1, 0.15) is 5.01 Å². The molecule has 8 nitrogen and oxygen atoms in total. The number of rotatable bonds is 4. The van der Waals surface area contributed by atoms with Crippen molar-refractivity contribution in [2.45, 2.75) is 6.04 Å². The number of aliphatic imine (C=N–C) groups is 1. The maximum absolute atomic E-state index is 10.8. The first-order chi connectivity index (χ1) is 10.3. The number of aliphatic carboxylic acids is 1. The zero-order valence-electron chi connectivity index (χ0n) is 10.6. The molecule has 1 atom stereocenters. The number of carbonyl (C=O) groups is 1. The summed E-state index contributed by atoms with van der Waals surface area (Å²) in [5.41, 5.74) is 0.566. The average Bonchev–Trinajstić information content (AvgIpc) is 3.02. The zero-order valence-corrected chi connectivity index (χ0v) is 13.0. The smallest absolute Gasteiger partial charge is 0.262 e. The number of thioether (sulfide) groups is 1. The number of fused-ring (bicyclic) bond motifs is 1. The number of hydrogen-bond donors (Lipinski definition) is 0. The molecule has 0 unspecified atom stereocenters. The van der Waals surface area contributed by atoms with Crippen LogP contribution in [0.3, 0.4) is 0 Å². The Bertz CT molecular complexity index is 888. The number of carbonyl (C=O) groups excluding carboxylic acids is 1. The van der Waals surface area contributed by atoms with Gasteiger partial charge in [0.25, 0.3) is 10.4 Å². The Morgan fingerprint density at radius 2 is 2.18 bits per heavy atom. The normalized spacial score (nSPS) is 18.4. The van der Waals surface area contributed by atoms with E-state index < -0.39 is 22.4 Å². The van der Waals surface area contributed by atoms with E-state index in [0.717, 1.165) is 0 Å². The van der Waals surface area contributed by atoms with Crippen LogP contribution in [0.15, 0.2) is 23.2 Å². The standard InChI is InChI=1S/C11H8N2O6S3/c14-11(15)7-4-20-9(13-7)10-12-6-2-1-5(3-8(6)21-10)19-22(16,17)18/h1-3,7H,4H2,(H,14,15)(H,16,17,18)/p-2/t7-/m0/s1. The second-order valence-corrected chi connectivity index (χ2v) is 7.24. The summed E-state index contributed by atoms with van der Waals surface area (Å²) < 4.78 is 36.6. The summed E-state index contributed by atoms with van der Waals surface area (Å²) in [4.78, 5) is 19.1. The molecule has 2 aromatic rings. The highest BCUT2D eigenvalue weighted by molar-refractivity contribution is 8.15. The van der Waals surface area contributed by atoms with Crippen LogP contribution >= 0.6 is 23.1 Å². The van der Waals surface area contributed by atoms with Gasteiger partial charge in [-0.05, 0) is 12.1 Å². The maximum atomic E-state index is 10.8. The van der Waals surface area contributed by atoms with Gasteiger partial charge in [0.2, 0.25) is 0 Å². The van der Waals surface area contributed by atoms with E-state index in [0.29, 0.717) is 20.3 Å². The molecule has 1 aromatic heterocycles. The van der Waals surface area contributed by atoms with E-state index in [1.165, 1.54) is 41.3 Å². The minimum absolute atomic E-state index is 0.105. The summed E-state index contributed by atoms with van der Waals surface area (Å²) in [6.45, 7) is 0. The van der Waals surface area contributed by atoms with Crippen LogP contribution in [0, 0.1) is 0 Å². The lowest BCUT2D eigenvalue weighted by molar-refractivity contribution is -0.306. The number of benzene rings is 1. The van der Waals surface area contributed by atoms with Crippen molar-refractivity contribution in [3.8, 4) is 5.75 Å². The molecule has 0 amide bonds. The molecule has 1 aliphatic rings. The summed E-state index contributed by atoms with van der Waals surface area (Å²) in [6.07, 6.45) is 0. The second-order valence-electron chi connectivity index (χ2n) is 4.22. The van der Waals surface area contributed by atoms with Gasteiger partial charge < -0.3 is 18.6 Å². The van der Waals surface area contributed by atoms with Crippen molar-refractivity contribution in [1.82, 2.24) is 4.98 Å². The molecule has 2 heterocycles. The summed E-state index contributed by atoms with van der Waals surface area (Å²) in [7, 11) is -4.84. The molecule has 22 heavy (non-hydrogen) atoms. The van der Waals surface area contributed by atoms with E-state index in [1.807, 2.05) is 0 Å². The van der Waals surface area contributed by atoms with Crippen molar-refractivity contribution in [2.24, 2.45) is 4.99 Å². The summed E-state index contributed by atoms with van der Waals surface area (Å²) >= 11 is 2.46. The van der Waals surface area contributed by atoms with Crippen molar-refractivity contribution < 1.29 is 27.1 Å². The number of nitrogens with zero attached hydrogens (tertiary/aromatic N) is 2. The monoisotopic (exact) mass is 358 g/mol. The van der Waals surface area contributed by atoms with E-state index in [1.54, 1.807) is 0 Å². The molecular weight excluding hydrogens is 352 g/mol. The van der Waals surface area contributed by atoms with Crippen LogP contribution < -0.4 is 9.29 Å². The van der Waals surface area contributed by atoms with Crippen LogP contribution in [0.2, 0.25) is 0 Å². The Hall–Kier alpha value is -1.69. The van der Waals surface area contributed by atoms with E-state index in [4.69, 9.17) is 0 Å². The number of hydrogen-bond acceptors (Lipinski definition) is 10. The minimum Gasteiger partial charge on any atom is -0.716 e. The van der Waals surface area contributed by atoms with E-state index in [-0.39, 0.29) is 11.5 Å². The zero-order chi connectivity index (χ0) is 15.9. The van der Waals surface area contributed by atoms with Crippen molar-refractivity contribution in [3.63, 3.8) is 0 Å². The van der Waals surface area contributed by atoms with Crippen LogP contribution in [0.5, 0.6) is 5.75 Å². The van der Waals surface area contributed by atoms with Gasteiger partial charge in [0.15, 0.2) is 0 Å². The molecule has 0 bridgehead atoms. The molecule has 11 heteroatoms. The van der Waals surface area contributed by atoms with Gasteiger partial charge in [-0.25, -0.2) is 13.4 Å². The largest absolute Gasteiger partial charge is 0.716 e. The molecule has 0 radical (unpaired) electrons. The van der Waals surface area contributed by atoms with E-state index in [9.17, 15) is 22.9 Å². The molecule has 0 fully saturated rings. The average molecular weight is 358 g/mol. The minimum atomic E-state index is -4.84. The predicted octanol–water partition coefficient (Wildman–Crippen LogP) is -0.253. The van der Waals surface area contributed by atoms with Gasteiger partial charge in [0.05, 0.1) is 16.2 Å². The van der Waals surface area contributed by atoms with Crippen LogP contribution in [-0.4, -0.2) is 40.8 Å². The topological polar surface area (TPSA) is 132 Å². The first kappa shape index (κ1) is 15.2. The Labute approximate surface area is 132 Å². The molecular formula is C11H6N2O6S3-2. The van der Waals surface area contributed by atoms with Gasteiger partial charge in [-0.1, -0.05) is 0 Å². The third-order valence-electron chi connectivity index (χ3n) is 2.66. The Balaban J connectivity index is 1.94. The Morgan fingerprint density at radius 3 is 2.82 bits per heavy atom. The van der Waals surface area contributed by atoms with Crippen molar-refractivity contribution >= 4 is 54.7 Å². The van der Waals surface area contributed by atoms with E-state index >= 15 is 0 Å². The molecule has 1 aliphatic heterocycles. The first-order valence-electron chi connectivity index (χ1n) is 5.79. The van der Waals surface area contributed by atoms with Gasteiger partial charge in [0, 0.05) is 11.8 Å². The molecule has 0 aliphatic carbocycles. The molecule has 0 saturated carbocycles.